The van der Waals surface area contributed by atoms with Crippen molar-refractivity contribution in [3.05, 3.63) is 72.3 Å². The lowest BCUT2D eigenvalue weighted by molar-refractivity contribution is -0.146. The fourth-order valence-electron chi connectivity index (χ4n) is 2.49. The molecule has 0 bridgehead atoms. The van der Waals surface area contributed by atoms with Crippen molar-refractivity contribution in [3.63, 3.8) is 0 Å². The molecule has 0 radical (unpaired) electrons. The summed E-state index contributed by atoms with van der Waals surface area (Å²) in [4.78, 5) is 27.7. The number of halogens is 3. The summed E-state index contributed by atoms with van der Waals surface area (Å²) in [6, 6.07) is 11.6. The number of hydrogen-bond donors (Lipinski definition) is 1. The molecule has 1 heterocycles. The Kier molecular flexibility index (Phi) is 5.91. The number of aromatic nitrogens is 3. The first-order chi connectivity index (χ1) is 13.8. The SMILES string of the molecule is O=C(COC(=O)Cc1ccccc1)Nc1cc(C(F)(F)F)ccc1-n1cncn1. The van der Waals surface area contributed by atoms with Crippen LogP contribution in [0.5, 0.6) is 0 Å². The first kappa shape index (κ1) is 20.1. The molecule has 0 unspecified atom stereocenters. The van der Waals surface area contributed by atoms with Crippen molar-refractivity contribution >= 4 is 17.6 Å². The quantitative estimate of drug-likeness (QED) is 0.639. The van der Waals surface area contributed by atoms with Gasteiger partial charge >= 0.3 is 12.1 Å². The number of benzene rings is 2. The van der Waals surface area contributed by atoms with Crippen LogP contribution in [-0.2, 0) is 26.9 Å². The minimum absolute atomic E-state index is 0.0259. The summed E-state index contributed by atoms with van der Waals surface area (Å²) in [5.74, 6) is -1.42. The number of ether oxygens (including phenoxy) is 1. The first-order valence-corrected chi connectivity index (χ1v) is 8.38. The predicted octanol–water partition coefficient (Wildman–Crippen LogP) is 3.01. The molecule has 0 saturated carbocycles. The number of alkyl halides is 3. The molecular formula is C19H15F3N4O3. The van der Waals surface area contributed by atoms with Gasteiger partial charge in [-0.1, -0.05) is 30.3 Å². The standard InChI is InChI=1S/C19H15F3N4O3/c20-19(21,22)14-6-7-16(26-12-23-11-24-26)15(9-14)25-17(27)10-29-18(28)8-13-4-2-1-3-5-13/h1-7,9,11-12H,8,10H2,(H,25,27). The zero-order valence-corrected chi connectivity index (χ0v) is 14.9. The minimum atomic E-state index is -4.59. The lowest BCUT2D eigenvalue weighted by Gasteiger charge is -2.14. The Balaban J connectivity index is 1.69. The fourth-order valence-corrected chi connectivity index (χ4v) is 2.49. The van der Waals surface area contributed by atoms with Crippen molar-refractivity contribution in [2.45, 2.75) is 12.6 Å². The molecule has 3 aromatic rings. The molecule has 0 aliphatic heterocycles. The zero-order chi connectivity index (χ0) is 20.9. The van der Waals surface area contributed by atoms with Crippen molar-refractivity contribution in [3.8, 4) is 5.69 Å². The van der Waals surface area contributed by atoms with Crippen LogP contribution in [0.1, 0.15) is 11.1 Å². The number of anilines is 1. The largest absolute Gasteiger partial charge is 0.455 e. The van der Waals surface area contributed by atoms with E-state index in [-0.39, 0.29) is 17.8 Å². The van der Waals surface area contributed by atoms with E-state index in [0.29, 0.717) is 5.56 Å². The highest BCUT2D eigenvalue weighted by Crippen LogP contribution is 2.33. The smallest absolute Gasteiger partial charge is 0.416 e. The molecule has 29 heavy (non-hydrogen) atoms. The van der Waals surface area contributed by atoms with Crippen molar-refractivity contribution < 1.29 is 27.5 Å². The van der Waals surface area contributed by atoms with Gasteiger partial charge in [-0.3, -0.25) is 9.59 Å². The second-order valence-corrected chi connectivity index (χ2v) is 5.94. The Labute approximate surface area is 163 Å². The summed E-state index contributed by atoms with van der Waals surface area (Å²) >= 11 is 0. The van der Waals surface area contributed by atoms with Gasteiger partial charge in [-0.2, -0.15) is 18.3 Å². The molecule has 0 saturated heterocycles. The van der Waals surface area contributed by atoms with E-state index >= 15 is 0 Å². The summed E-state index contributed by atoms with van der Waals surface area (Å²) in [6.07, 6.45) is -2.14. The molecule has 0 atom stereocenters. The Hall–Kier alpha value is -3.69. The van der Waals surface area contributed by atoms with Crippen LogP contribution in [0.25, 0.3) is 5.69 Å². The van der Waals surface area contributed by atoms with Gasteiger partial charge in [0.25, 0.3) is 5.91 Å². The molecule has 0 spiro atoms. The molecular weight excluding hydrogens is 389 g/mol. The molecule has 0 aliphatic carbocycles. The maximum absolute atomic E-state index is 13.0. The Morgan fingerprint density at radius 3 is 2.52 bits per heavy atom. The first-order valence-electron chi connectivity index (χ1n) is 8.38. The van der Waals surface area contributed by atoms with E-state index in [1.54, 1.807) is 30.3 Å². The number of amides is 1. The number of esters is 1. The number of nitrogens with zero attached hydrogens (tertiary/aromatic N) is 3. The van der Waals surface area contributed by atoms with Crippen LogP contribution in [0, 0.1) is 0 Å². The number of hydrogen-bond acceptors (Lipinski definition) is 5. The number of rotatable bonds is 6. The summed E-state index contributed by atoms with van der Waals surface area (Å²) in [7, 11) is 0. The highest BCUT2D eigenvalue weighted by molar-refractivity contribution is 5.94. The average molecular weight is 404 g/mol. The maximum Gasteiger partial charge on any atom is 0.416 e. The van der Waals surface area contributed by atoms with Crippen LogP contribution in [0.4, 0.5) is 18.9 Å². The van der Waals surface area contributed by atoms with Crippen molar-refractivity contribution in [2.75, 3.05) is 11.9 Å². The van der Waals surface area contributed by atoms with E-state index in [1.165, 1.54) is 17.3 Å². The lowest BCUT2D eigenvalue weighted by atomic mass is 10.1. The second-order valence-electron chi connectivity index (χ2n) is 5.94. The van der Waals surface area contributed by atoms with Gasteiger partial charge in [0, 0.05) is 0 Å². The Morgan fingerprint density at radius 1 is 1.10 bits per heavy atom. The minimum Gasteiger partial charge on any atom is -0.455 e. The third-order valence-electron chi connectivity index (χ3n) is 3.82. The number of carbonyl (C=O) groups excluding carboxylic acids is 2. The van der Waals surface area contributed by atoms with Gasteiger partial charge in [-0.15, -0.1) is 0 Å². The number of carbonyl (C=O) groups is 2. The zero-order valence-electron chi connectivity index (χ0n) is 14.9. The monoisotopic (exact) mass is 404 g/mol. The van der Waals surface area contributed by atoms with E-state index < -0.39 is 30.2 Å². The second kappa shape index (κ2) is 8.55. The van der Waals surface area contributed by atoms with Crippen molar-refractivity contribution in [1.29, 1.82) is 0 Å². The Bertz CT molecular complexity index is 990. The summed E-state index contributed by atoms with van der Waals surface area (Å²) < 4.78 is 45.2. The van der Waals surface area contributed by atoms with E-state index in [2.05, 4.69) is 15.4 Å². The normalized spacial score (nSPS) is 11.1. The van der Waals surface area contributed by atoms with E-state index in [0.717, 1.165) is 18.2 Å². The average Bonchev–Trinajstić information content (AvgIpc) is 3.21. The molecule has 0 aliphatic rings. The van der Waals surface area contributed by atoms with Gasteiger partial charge in [0.2, 0.25) is 0 Å². The molecule has 1 amide bonds. The third-order valence-corrected chi connectivity index (χ3v) is 3.82. The molecule has 2 aromatic carbocycles. The van der Waals surface area contributed by atoms with Crippen LogP contribution < -0.4 is 5.32 Å². The summed E-state index contributed by atoms with van der Waals surface area (Å²) in [6.45, 7) is -0.640. The van der Waals surface area contributed by atoms with Crippen molar-refractivity contribution in [2.24, 2.45) is 0 Å². The van der Waals surface area contributed by atoms with Crippen LogP contribution in [0.15, 0.2) is 61.2 Å². The predicted molar refractivity (Wildman–Crippen MR) is 96.1 cm³/mol. The Morgan fingerprint density at radius 2 is 1.86 bits per heavy atom. The molecule has 1 aromatic heterocycles. The van der Waals surface area contributed by atoms with Gasteiger partial charge in [-0.25, -0.2) is 9.67 Å². The maximum atomic E-state index is 13.0. The van der Waals surface area contributed by atoms with E-state index in [4.69, 9.17) is 4.74 Å². The van der Waals surface area contributed by atoms with Crippen LogP contribution in [-0.4, -0.2) is 33.2 Å². The molecule has 3 rings (SSSR count). The van der Waals surface area contributed by atoms with Crippen LogP contribution in [0.3, 0.4) is 0 Å². The molecule has 0 fully saturated rings. The van der Waals surface area contributed by atoms with E-state index in [9.17, 15) is 22.8 Å². The van der Waals surface area contributed by atoms with Gasteiger partial charge in [-0.05, 0) is 23.8 Å². The third kappa shape index (κ3) is 5.41. The van der Waals surface area contributed by atoms with Crippen molar-refractivity contribution in [1.82, 2.24) is 14.8 Å². The van der Waals surface area contributed by atoms with Gasteiger partial charge in [0.15, 0.2) is 6.61 Å². The fraction of sp³-hybridized carbons (Fsp3) is 0.158. The van der Waals surface area contributed by atoms with Gasteiger partial charge < -0.3 is 10.1 Å². The van der Waals surface area contributed by atoms with E-state index in [1.807, 2.05) is 0 Å². The molecule has 1 N–H and O–H groups in total. The van der Waals surface area contributed by atoms with Gasteiger partial charge in [0.05, 0.1) is 23.4 Å². The molecule has 10 heteroatoms. The lowest BCUT2D eigenvalue weighted by Crippen LogP contribution is -2.22. The summed E-state index contributed by atoms with van der Waals surface area (Å²) in [5, 5.41) is 6.18. The van der Waals surface area contributed by atoms with Gasteiger partial charge in [0.1, 0.15) is 12.7 Å². The topological polar surface area (TPSA) is 86.1 Å². The van der Waals surface area contributed by atoms with Crippen LogP contribution in [0.2, 0.25) is 0 Å². The van der Waals surface area contributed by atoms with Crippen LogP contribution >= 0.6 is 0 Å². The highest BCUT2D eigenvalue weighted by Gasteiger charge is 2.31. The molecule has 7 nitrogen and oxygen atoms in total. The number of nitrogens with one attached hydrogen (secondary N) is 1. The summed E-state index contributed by atoms with van der Waals surface area (Å²) in [5.41, 5.74) is -0.198. The highest BCUT2D eigenvalue weighted by atomic mass is 19.4. The molecule has 150 valence electrons.